The van der Waals surface area contributed by atoms with Crippen LogP contribution in [0.1, 0.15) is 54.4 Å². The van der Waals surface area contributed by atoms with Gasteiger partial charge in [-0.15, -0.1) is 11.6 Å². The summed E-state index contributed by atoms with van der Waals surface area (Å²) >= 11 is 5.72. The van der Waals surface area contributed by atoms with Gasteiger partial charge in [-0.3, -0.25) is 0 Å². The van der Waals surface area contributed by atoms with Gasteiger partial charge in [-0.1, -0.05) is 20.8 Å². The summed E-state index contributed by atoms with van der Waals surface area (Å²) in [7, 11) is -1.01. The van der Waals surface area contributed by atoms with E-state index >= 15 is 0 Å². The van der Waals surface area contributed by atoms with Crippen molar-refractivity contribution in [1.29, 1.82) is 0 Å². The lowest BCUT2D eigenvalue weighted by Crippen LogP contribution is -2.46. The molecule has 0 spiro atoms. The van der Waals surface area contributed by atoms with Crippen LogP contribution < -0.4 is 4.72 Å². The Kier molecular flexibility index (Phi) is 6.52. The Hall–Kier alpha value is 0.400. The maximum Gasteiger partial charge on any atom is 0.0972 e. The van der Waals surface area contributed by atoms with Crippen molar-refractivity contribution in [2.45, 2.75) is 65.2 Å². The van der Waals surface area contributed by atoms with Crippen LogP contribution in [0.4, 0.5) is 0 Å². The van der Waals surface area contributed by atoms with Crippen molar-refractivity contribution in [3.63, 3.8) is 0 Å². The molecule has 0 saturated carbocycles. The van der Waals surface area contributed by atoms with E-state index in [9.17, 15) is 4.21 Å². The van der Waals surface area contributed by atoms with E-state index in [0.717, 1.165) is 12.8 Å². The Labute approximate surface area is 108 Å². The summed E-state index contributed by atoms with van der Waals surface area (Å²) < 4.78 is 15.1. The molecule has 98 valence electrons. The SMILES string of the molecule is CC(C)(C)[C@H](CCCCl)N[S@](=O)C(C)(C)C. The van der Waals surface area contributed by atoms with Gasteiger partial charge in [0.15, 0.2) is 0 Å². The van der Waals surface area contributed by atoms with Crippen molar-refractivity contribution in [3.05, 3.63) is 0 Å². The monoisotopic (exact) mass is 267 g/mol. The Morgan fingerprint density at radius 2 is 1.69 bits per heavy atom. The predicted molar refractivity (Wildman–Crippen MR) is 74.2 cm³/mol. The summed E-state index contributed by atoms with van der Waals surface area (Å²) in [5.74, 6) is 0.663. The molecule has 0 heterocycles. The van der Waals surface area contributed by atoms with E-state index in [-0.39, 0.29) is 16.2 Å². The van der Waals surface area contributed by atoms with Gasteiger partial charge in [-0.25, -0.2) is 8.93 Å². The molecule has 0 aliphatic carbocycles. The van der Waals surface area contributed by atoms with Gasteiger partial charge in [0.2, 0.25) is 0 Å². The molecule has 2 nitrogen and oxygen atoms in total. The van der Waals surface area contributed by atoms with Gasteiger partial charge in [0, 0.05) is 11.9 Å². The summed E-state index contributed by atoms with van der Waals surface area (Å²) in [6, 6.07) is 0.242. The van der Waals surface area contributed by atoms with Gasteiger partial charge < -0.3 is 0 Å². The molecule has 16 heavy (non-hydrogen) atoms. The van der Waals surface area contributed by atoms with Crippen LogP contribution in [0.5, 0.6) is 0 Å². The van der Waals surface area contributed by atoms with E-state index in [4.69, 9.17) is 11.6 Å². The minimum absolute atomic E-state index is 0.104. The maximum absolute atomic E-state index is 12.1. The van der Waals surface area contributed by atoms with Gasteiger partial charge >= 0.3 is 0 Å². The Morgan fingerprint density at radius 3 is 2.00 bits per heavy atom. The summed E-state index contributed by atoms with van der Waals surface area (Å²) in [5, 5.41) is 0. The highest BCUT2D eigenvalue weighted by Crippen LogP contribution is 2.24. The van der Waals surface area contributed by atoms with E-state index < -0.39 is 11.0 Å². The van der Waals surface area contributed by atoms with Crippen LogP contribution in [0.2, 0.25) is 0 Å². The largest absolute Gasteiger partial charge is 0.242 e. The normalized spacial score (nSPS) is 17.2. The zero-order valence-electron chi connectivity index (χ0n) is 11.4. The molecule has 0 rings (SSSR count). The standard InChI is InChI=1S/C12H26ClNOS/c1-11(2,3)10(8-7-9-13)14-16(15)12(4,5)6/h10,14H,7-9H2,1-6H3/t10-,16+/m0/s1. The number of hydrogen-bond donors (Lipinski definition) is 1. The lowest BCUT2D eigenvalue weighted by Gasteiger charge is -2.33. The number of nitrogens with one attached hydrogen (secondary N) is 1. The molecule has 0 amide bonds. The van der Waals surface area contributed by atoms with Gasteiger partial charge in [-0.2, -0.15) is 0 Å². The smallest absolute Gasteiger partial charge is 0.0972 e. The van der Waals surface area contributed by atoms with E-state index in [0.29, 0.717) is 5.88 Å². The molecule has 0 aromatic rings. The second-order valence-corrected chi connectivity index (χ2v) is 8.62. The summed E-state index contributed by atoms with van der Waals surface area (Å²) in [5.41, 5.74) is 0.104. The second-order valence-electron chi connectivity index (χ2n) is 6.25. The van der Waals surface area contributed by atoms with E-state index in [1.54, 1.807) is 0 Å². The Bertz CT molecular complexity index is 230. The average molecular weight is 268 g/mol. The van der Waals surface area contributed by atoms with Crippen molar-refractivity contribution < 1.29 is 4.21 Å². The Balaban J connectivity index is 4.50. The zero-order valence-corrected chi connectivity index (χ0v) is 13.0. The molecule has 0 unspecified atom stereocenters. The molecule has 0 aromatic heterocycles. The van der Waals surface area contributed by atoms with Crippen LogP contribution in [-0.2, 0) is 11.0 Å². The van der Waals surface area contributed by atoms with Crippen LogP contribution in [0.3, 0.4) is 0 Å². The van der Waals surface area contributed by atoms with E-state index in [1.807, 2.05) is 20.8 Å². The highest BCUT2D eigenvalue weighted by atomic mass is 35.5. The molecule has 0 aliphatic heterocycles. The van der Waals surface area contributed by atoms with Crippen LogP contribution in [-0.4, -0.2) is 20.9 Å². The van der Waals surface area contributed by atoms with Crippen molar-refractivity contribution >= 4 is 22.6 Å². The second kappa shape index (κ2) is 6.36. The minimum Gasteiger partial charge on any atom is -0.242 e. The van der Waals surface area contributed by atoms with Gasteiger partial charge in [0.1, 0.15) is 0 Å². The molecule has 4 heteroatoms. The summed E-state index contributed by atoms with van der Waals surface area (Å²) in [6.45, 7) is 12.4. The third-order valence-corrected chi connectivity index (χ3v) is 4.36. The molecular weight excluding hydrogens is 242 g/mol. The zero-order chi connectivity index (χ0) is 13.0. The van der Waals surface area contributed by atoms with E-state index in [1.165, 1.54) is 0 Å². The molecule has 1 N–H and O–H groups in total. The third kappa shape index (κ3) is 6.21. The molecular formula is C12H26ClNOS. The summed E-state index contributed by atoms with van der Waals surface area (Å²) in [4.78, 5) is 0. The van der Waals surface area contributed by atoms with Gasteiger partial charge in [0.25, 0.3) is 0 Å². The van der Waals surface area contributed by atoms with Crippen molar-refractivity contribution in [2.75, 3.05) is 5.88 Å². The highest BCUT2D eigenvalue weighted by molar-refractivity contribution is 7.84. The van der Waals surface area contributed by atoms with Crippen molar-refractivity contribution in [1.82, 2.24) is 4.72 Å². The van der Waals surface area contributed by atoms with Gasteiger partial charge in [-0.05, 0) is 39.0 Å². The third-order valence-electron chi connectivity index (χ3n) is 2.48. The fourth-order valence-electron chi connectivity index (χ4n) is 1.26. The lowest BCUT2D eigenvalue weighted by atomic mass is 9.85. The fraction of sp³-hybridized carbons (Fsp3) is 1.00. The van der Waals surface area contributed by atoms with Crippen molar-refractivity contribution in [2.24, 2.45) is 5.41 Å². The number of rotatable bonds is 5. The first kappa shape index (κ1) is 16.4. The highest BCUT2D eigenvalue weighted by Gasteiger charge is 2.29. The average Bonchev–Trinajstić information content (AvgIpc) is 2.08. The lowest BCUT2D eigenvalue weighted by molar-refractivity contribution is 0.285. The van der Waals surface area contributed by atoms with E-state index in [2.05, 4.69) is 25.5 Å². The molecule has 0 saturated heterocycles. The quantitative estimate of drug-likeness (QED) is 0.760. The number of alkyl halides is 1. The number of halogens is 1. The molecule has 0 aliphatic rings. The van der Waals surface area contributed by atoms with Crippen LogP contribution in [0.15, 0.2) is 0 Å². The first-order valence-corrected chi connectivity index (χ1v) is 7.51. The Morgan fingerprint density at radius 1 is 1.19 bits per heavy atom. The number of hydrogen-bond acceptors (Lipinski definition) is 1. The molecule has 0 aromatic carbocycles. The maximum atomic E-state index is 12.1. The van der Waals surface area contributed by atoms with Gasteiger partial charge in [0.05, 0.1) is 15.7 Å². The molecule has 0 fully saturated rings. The first-order valence-electron chi connectivity index (χ1n) is 5.83. The minimum atomic E-state index is -1.01. The van der Waals surface area contributed by atoms with Crippen LogP contribution in [0, 0.1) is 5.41 Å². The summed E-state index contributed by atoms with van der Waals surface area (Å²) in [6.07, 6.45) is 1.92. The predicted octanol–water partition coefficient (Wildman–Crippen LogP) is 3.47. The van der Waals surface area contributed by atoms with Crippen LogP contribution in [0.25, 0.3) is 0 Å². The molecule has 0 bridgehead atoms. The first-order chi connectivity index (χ1) is 7.09. The van der Waals surface area contributed by atoms with Crippen LogP contribution >= 0.6 is 11.6 Å². The molecule has 0 radical (unpaired) electrons. The van der Waals surface area contributed by atoms with Crippen molar-refractivity contribution in [3.8, 4) is 0 Å². The molecule has 2 atom stereocenters. The topological polar surface area (TPSA) is 29.1 Å². The fourth-order valence-corrected chi connectivity index (χ4v) is 2.49.